The molecule has 1 aliphatic carbocycles. The predicted molar refractivity (Wildman–Crippen MR) is 66.7 cm³/mol. The summed E-state index contributed by atoms with van der Waals surface area (Å²) in [6.45, 7) is 0. The van der Waals surface area contributed by atoms with Gasteiger partial charge in [-0.15, -0.1) is 0 Å². The summed E-state index contributed by atoms with van der Waals surface area (Å²) in [4.78, 5) is 21.5. The highest BCUT2D eigenvalue weighted by molar-refractivity contribution is 5.88. The topological polar surface area (TPSA) is 54.4 Å². The normalized spacial score (nSPS) is 19.3. The molecule has 1 N–H and O–H groups in total. The number of aliphatic carboxylic acids is 1. The summed E-state index contributed by atoms with van der Waals surface area (Å²) in [6, 6.07) is 0. The second-order valence-corrected chi connectivity index (χ2v) is 4.40. The van der Waals surface area contributed by atoms with Crippen molar-refractivity contribution in [2.45, 2.75) is 44.9 Å². The number of hydrogen-bond acceptors (Lipinski definition) is 2. The molecule has 0 aromatic rings. The van der Waals surface area contributed by atoms with Crippen molar-refractivity contribution >= 4 is 11.8 Å². The predicted octanol–water partition coefficient (Wildman–Crippen LogP) is 3.11. The summed E-state index contributed by atoms with van der Waals surface area (Å²) in [7, 11) is 0. The van der Waals surface area contributed by atoms with Crippen molar-refractivity contribution in [1.82, 2.24) is 0 Å². The number of unbranched alkanes of at least 4 members (excludes halogenated alkanes) is 4. The molecule has 3 nitrogen and oxygen atoms in total. The lowest BCUT2D eigenvalue weighted by molar-refractivity contribution is -0.137. The highest BCUT2D eigenvalue weighted by atomic mass is 16.4. The lowest BCUT2D eigenvalue weighted by Gasteiger charge is -1.99. The van der Waals surface area contributed by atoms with Crippen LogP contribution < -0.4 is 0 Å². The minimum Gasteiger partial charge on any atom is -0.481 e. The third kappa shape index (κ3) is 6.05. The number of ketones is 1. The lowest BCUT2D eigenvalue weighted by atomic mass is 10.1. The Morgan fingerprint density at radius 1 is 1.35 bits per heavy atom. The quantitative estimate of drug-likeness (QED) is 0.520. The molecule has 0 aromatic carbocycles. The van der Waals surface area contributed by atoms with E-state index in [2.05, 4.69) is 6.08 Å². The molecule has 0 heterocycles. The Hall–Kier alpha value is -1.38. The van der Waals surface area contributed by atoms with Crippen molar-refractivity contribution < 1.29 is 14.7 Å². The first-order valence-corrected chi connectivity index (χ1v) is 6.28. The van der Waals surface area contributed by atoms with Gasteiger partial charge in [0, 0.05) is 12.8 Å². The van der Waals surface area contributed by atoms with Gasteiger partial charge in [-0.1, -0.05) is 37.1 Å². The van der Waals surface area contributed by atoms with Crippen LogP contribution in [0.15, 0.2) is 24.3 Å². The molecule has 0 aliphatic heterocycles. The third-order valence-electron chi connectivity index (χ3n) is 2.89. The van der Waals surface area contributed by atoms with Gasteiger partial charge in [0.1, 0.15) is 5.78 Å². The fourth-order valence-corrected chi connectivity index (χ4v) is 1.88. The molecule has 3 heteroatoms. The van der Waals surface area contributed by atoms with E-state index in [-0.39, 0.29) is 18.1 Å². The first kappa shape index (κ1) is 13.7. The van der Waals surface area contributed by atoms with Crippen molar-refractivity contribution in [2.24, 2.45) is 5.92 Å². The van der Waals surface area contributed by atoms with Gasteiger partial charge in [-0.25, -0.2) is 0 Å². The number of carbonyl (C=O) groups excluding carboxylic acids is 1. The minimum atomic E-state index is -0.712. The van der Waals surface area contributed by atoms with E-state index in [1.54, 1.807) is 0 Å². The van der Waals surface area contributed by atoms with Gasteiger partial charge in [0.25, 0.3) is 0 Å². The number of allylic oxidation sites excluding steroid dienone is 4. The van der Waals surface area contributed by atoms with Crippen molar-refractivity contribution in [2.75, 3.05) is 0 Å². The zero-order valence-corrected chi connectivity index (χ0v) is 10.1. The minimum absolute atomic E-state index is 0.00186. The molecule has 0 spiro atoms. The van der Waals surface area contributed by atoms with Gasteiger partial charge in [-0.05, 0) is 19.3 Å². The maximum Gasteiger partial charge on any atom is 0.303 e. The van der Waals surface area contributed by atoms with E-state index in [9.17, 15) is 9.59 Å². The largest absolute Gasteiger partial charge is 0.481 e. The van der Waals surface area contributed by atoms with E-state index in [0.717, 1.165) is 32.1 Å². The Kier molecular flexibility index (Phi) is 6.30. The van der Waals surface area contributed by atoms with E-state index in [0.29, 0.717) is 6.42 Å². The van der Waals surface area contributed by atoms with Crippen molar-refractivity contribution in [3.8, 4) is 0 Å². The molecule has 1 unspecified atom stereocenters. The van der Waals surface area contributed by atoms with Gasteiger partial charge in [0.05, 0.1) is 5.92 Å². The maximum atomic E-state index is 11.3. The highest BCUT2D eigenvalue weighted by Crippen LogP contribution is 2.15. The Morgan fingerprint density at radius 2 is 2.12 bits per heavy atom. The van der Waals surface area contributed by atoms with Crippen LogP contribution in [0.5, 0.6) is 0 Å². The van der Waals surface area contributed by atoms with Gasteiger partial charge < -0.3 is 5.11 Å². The summed E-state index contributed by atoms with van der Waals surface area (Å²) in [6.07, 6.45) is 13.6. The molecule has 0 amide bonds. The first-order valence-electron chi connectivity index (χ1n) is 6.28. The average molecular weight is 236 g/mol. The van der Waals surface area contributed by atoms with Gasteiger partial charge in [-0.3, -0.25) is 9.59 Å². The molecule has 0 saturated heterocycles. The number of Topliss-reactive ketones (excluding diaryl/α,β-unsaturated/α-hetero) is 1. The van der Waals surface area contributed by atoms with Crippen LogP contribution in [0, 0.1) is 5.92 Å². The number of carbonyl (C=O) groups is 2. The van der Waals surface area contributed by atoms with Gasteiger partial charge in [0.2, 0.25) is 0 Å². The standard InChI is InChI=1S/C14H20O3/c15-13-10-7-9-12(13)8-5-3-1-2-4-6-11-14(16)17/h5,7-9,12H,1-4,6,10-11H2,(H,16,17). The van der Waals surface area contributed by atoms with Gasteiger partial charge >= 0.3 is 5.97 Å². The van der Waals surface area contributed by atoms with E-state index in [1.165, 1.54) is 0 Å². The number of rotatable bonds is 8. The second-order valence-electron chi connectivity index (χ2n) is 4.40. The van der Waals surface area contributed by atoms with Crippen LogP contribution in [-0.4, -0.2) is 16.9 Å². The van der Waals surface area contributed by atoms with Crippen LogP contribution in [0.25, 0.3) is 0 Å². The Balaban J connectivity index is 1.97. The summed E-state index contributed by atoms with van der Waals surface area (Å²) in [5.74, 6) is -0.429. The molecule has 0 bridgehead atoms. The first-order chi connectivity index (χ1) is 8.20. The Labute approximate surface area is 102 Å². The summed E-state index contributed by atoms with van der Waals surface area (Å²) in [5, 5.41) is 8.45. The van der Waals surface area contributed by atoms with Gasteiger partial charge in [-0.2, -0.15) is 0 Å². The molecule has 0 aromatic heterocycles. The Morgan fingerprint density at radius 3 is 2.76 bits per heavy atom. The lowest BCUT2D eigenvalue weighted by Crippen LogP contribution is -2.01. The van der Waals surface area contributed by atoms with Crippen LogP contribution in [0.2, 0.25) is 0 Å². The smallest absolute Gasteiger partial charge is 0.303 e. The highest BCUT2D eigenvalue weighted by Gasteiger charge is 2.14. The van der Waals surface area contributed by atoms with E-state index in [4.69, 9.17) is 5.11 Å². The maximum absolute atomic E-state index is 11.3. The van der Waals surface area contributed by atoms with Crippen molar-refractivity contribution in [3.63, 3.8) is 0 Å². The summed E-state index contributed by atoms with van der Waals surface area (Å²) >= 11 is 0. The molecule has 0 saturated carbocycles. The number of carboxylic acid groups (broad SMARTS) is 1. The molecular formula is C14H20O3. The van der Waals surface area contributed by atoms with Crippen LogP contribution in [0.4, 0.5) is 0 Å². The summed E-state index contributed by atoms with van der Waals surface area (Å²) < 4.78 is 0. The third-order valence-corrected chi connectivity index (χ3v) is 2.89. The molecule has 1 aliphatic rings. The van der Waals surface area contributed by atoms with Crippen LogP contribution in [-0.2, 0) is 9.59 Å². The molecule has 1 rings (SSSR count). The van der Waals surface area contributed by atoms with E-state index in [1.807, 2.05) is 18.2 Å². The number of carboxylic acids is 1. The SMILES string of the molecule is O=C(O)CCCCCCC=CC1C=CCC1=O. The van der Waals surface area contributed by atoms with E-state index < -0.39 is 5.97 Å². The van der Waals surface area contributed by atoms with Crippen molar-refractivity contribution in [1.29, 1.82) is 0 Å². The van der Waals surface area contributed by atoms with Crippen LogP contribution in [0.1, 0.15) is 44.9 Å². The Bertz CT molecular complexity index is 315. The summed E-state index contributed by atoms with van der Waals surface area (Å²) in [5.41, 5.74) is 0. The molecular weight excluding hydrogens is 216 g/mol. The van der Waals surface area contributed by atoms with Crippen LogP contribution >= 0.6 is 0 Å². The molecule has 0 radical (unpaired) electrons. The molecule has 17 heavy (non-hydrogen) atoms. The number of hydrogen-bond donors (Lipinski definition) is 1. The fourth-order valence-electron chi connectivity index (χ4n) is 1.88. The van der Waals surface area contributed by atoms with Crippen molar-refractivity contribution in [3.05, 3.63) is 24.3 Å². The monoisotopic (exact) mass is 236 g/mol. The second kappa shape index (κ2) is 7.82. The fraction of sp³-hybridized carbons (Fsp3) is 0.571. The van der Waals surface area contributed by atoms with Crippen LogP contribution in [0.3, 0.4) is 0 Å². The zero-order chi connectivity index (χ0) is 12.5. The molecule has 0 fully saturated rings. The average Bonchev–Trinajstić information content (AvgIpc) is 2.68. The van der Waals surface area contributed by atoms with E-state index >= 15 is 0 Å². The molecule has 1 atom stereocenters. The van der Waals surface area contributed by atoms with Gasteiger partial charge in [0.15, 0.2) is 0 Å². The molecule has 94 valence electrons. The zero-order valence-electron chi connectivity index (χ0n) is 10.1.